The van der Waals surface area contributed by atoms with E-state index in [1.165, 1.54) is 0 Å². The predicted octanol–water partition coefficient (Wildman–Crippen LogP) is 3.47. The summed E-state index contributed by atoms with van der Waals surface area (Å²) in [6.07, 6.45) is 2.29. The van der Waals surface area contributed by atoms with Crippen LogP contribution >= 0.6 is 0 Å². The van der Waals surface area contributed by atoms with Gasteiger partial charge in [-0.15, -0.1) is 10.2 Å². The van der Waals surface area contributed by atoms with Gasteiger partial charge in [0.1, 0.15) is 30.1 Å². The molecule has 8 nitrogen and oxygen atoms in total. The minimum atomic E-state index is 0.0804. The average Bonchev–Trinajstić information content (AvgIpc) is 3.40. The molecular weight excluding hydrogens is 406 g/mol. The van der Waals surface area contributed by atoms with Gasteiger partial charge in [0.05, 0.1) is 13.7 Å². The number of hydrogen-bond acceptors (Lipinski definition) is 6. The molecule has 4 aromatic rings. The van der Waals surface area contributed by atoms with Crippen molar-refractivity contribution in [2.24, 2.45) is 0 Å². The average molecular weight is 434 g/mol. The standard InChI is InChI=1S/C24H27N5O3/c1-18-23(32-16-20-7-4-3-5-8-20)22(29(27-18)13-6-14-30)24-26-25-17-28(24)15-19-9-11-21(31-2)12-10-19/h3-5,7-12,17,30H,6,13-16H2,1-2H3. The lowest BCUT2D eigenvalue weighted by molar-refractivity contribution is 0.276. The Balaban J connectivity index is 1.67. The molecule has 2 heterocycles. The number of hydrogen-bond donors (Lipinski definition) is 1. The second kappa shape index (κ2) is 10.1. The molecule has 0 saturated carbocycles. The summed E-state index contributed by atoms with van der Waals surface area (Å²) in [6.45, 7) is 3.57. The molecular formula is C24H27N5O3. The number of aryl methyl sites for hydroxylation is 2. The first-order valence-electron chi connectivity index (χ1n) is 10.6. The minimum Gasteiger partial charge on any atom is -0.497 e. The summed E-state index contributed by atoms with van der Waals surface area (Å²) >= 11 is 0. The predicted molar refractivity (Wildman–Crippen MR) is 121 cm³/mol. The number of methoxy groups -OCH3 is 1. The fourth-order valence-corrected chi connectivity index (χ4v) is 3.55. The Hall–Kier alpha value is -3.65. The molecule has 0 atom stereocenters. The van der Waals surface area contributed by atoms with Crippen LogP contribution in [0.4, 0.5) is 0 Å². The first-order valence-corrected chi connectivity index (χ1v) is 10.6. The number of aliphatic hydroxyl groups excluding tert-OH is 1. The van der Waals surface area contributed by atoms with Gasteiger partial charge in [0, 0.05) is 13.2 Å². The Morgan fingerprint density at radius 1 is 1.00 bits per heavy atom. The van der Waals surface area contributed by atoms with Gasteiger partial charge in [0.2, 0.25) is 0 Å². The molecule has 0 radical (unpaired) electrons. The van der Waals surface area contributed by atoms with Crippen LogP contribution in [0.3, 0.4) is 0 Å². The third-order valence-electron chi connectivity index (χ3n) is 5.17. The zero-order valence-corrected chi connectivity index (χ0v) is 18.3. The first-order chi connectivity index (χ1) is 15.7. The van der Waals surface area contributed by atoms with Crippen molar-refractivity contribution in [1.29, 1.82) is 0 Å². The van der Waals surface area contributed by atoms with Gasteiger partial charge >= 0.3 is 0 Å². The number of nitrogens with zero attached hydrogens (tertiary/aromatic N) is 5. The van der Waals surface area contributed by atoms with Gasteiger partial charge in [-0.2, -0.15) is 5.10 Å². The third kappa shape index (κ3) is 4.81. The van der Waals surface area contributed by atoms with Crippen LogP contribution in [0.2, 0.25) is 0 Å². The SMILES string of the molecule is COc1ccc(Cn2cnnc2-c2c(OCc3ccccc3)c(C)nn2CCCO)cc1. The van der Waals surface area contributed by atoms with Crippen molar-refractivity contribution in [3.05, 3.63) is 77.7 Å². The van der Waals surface area contributed by atoms with E-state index in [0.29, 0.717) is 37.7 Å². The maximum absolute atomic E-state index is 9.35. The van der Waals surface area contributed by atoms with Gasteiger partial charge in [-0.1, -0.05) is 42.5 Å². The highest BCUT2D eigenvalue weighted by molar-refractivity contribution is 5.62. The molecule has 0 saturated heterocycles. The van der Waals surface area contributed by atoms with Crippen molar-refractivity contribution in [3.63, 3.8) is 0 Å². The van der Waals surface area contributed by atoms with Crippen molar-refractivity contribution in [1.82, 2.24) is 24.5 Å². The summed E-state index contributed by atoms with van der Waals surface area (Å²) in [6, 6.07) is 17.9. The first kappa shape index (κ1) is 21.6. The summed E-state index contributed by atoms with van der Waals surface area (Å²) in [5.74, 6) is 2.16. The number of aromatic nitrogens is 5. The molecule has 1 N–H and O–H groups in total. The van der Waals surface area contributed by atoms with Gasteiger partial charge in [0.25, 0.3) is 0 Å². The minimum absolute atomic E-state index is 0.0804. The van der Waals surface area contributed by atoms with E-state index in [1.807, 2.05) is 70.8 Å². The largest absolute Gasteiger partial charge is 0.497 e. The molecule has 0 aliphatic rings. The Labute approximate surface area is 187 Å². The van der Waals surface area contributed by atoms with Gasteiger partial charge in [-0.3, -0.25) is 4.68 Å². The second-order valence-corrected chi connectivity index (χ2v) is 7.47. The van der Waals surface area contributed by atoms with Gasteiger partial charge in [0.15, 0.2) is 11.6 Å². The van der Waals surface area contributed by atoms with Crippen molar-refractivity contribution >= 4 is 0 Å². The topological polar surface area (TPSA) is 87.2 Å². The lowest BCUT2D eigenvalue weighted by Crippen LogP contribution is -2.09. The highest BCUT2D eigenvalue weighted by Crippen LogP contribution is 2.33. The fraction of sp³-hybridized carbons (Fsp3) is 0.292. The molecule has 2 aromatic carbocycles. The lowest BCUT2D eigenvalue weighted by Gasteiger charge is -2.12. The molecule has 0 amide bonds. The quantitative estimate of drug-likeness (QED) is 0.412. The van der Waals surface area contributed by atoms with Crippen LogP contribution in [-0.2, 0) is 19.7 Å². The summed E-state index contributed by atoms with van der Waals surface area (Å²) < 4.78 is 15.3. The number of benzene rings is 2. The molecule has 2 aromatic heterocycles. The van der Waals surface area contributed by atoms with Crippen molar-refractivity contribution < 1.29 is 14.6 Å². The van der Waals surface area contributed by atoms with Crippen LogP contribution in [0.25, 0.3) is 11.5 Å². The van der Waals surface area contributed by atoms with Gasteiger partial charge < -0.3 is 19.1 Å². The Bertz CT molecular complexity index is 1140. The van der Waals surface area contributed by atoms with E-state index in [0.717, 1.165) is 28.3 Å². The summed E-state index contributed by atoms with van der Waals surface area (Å²) in [7, 11) is 1.65. The van der Waals surface area contributed by atoms with Crippen LogP contribution in [0.15, 0.2) is 60.9 Å². The molecule has 0 unspecified atom stereocenters. The number of rotatable bonds is 10. The molecule has 0 bridgehead atoms. The smallest absolute Gasteiger partial charge is 0.186 e. The van der Waals surface area contributed by atoms with Crippen LogP contribution in [0, 0.1) is 6.92 Å². The summed E-state index contributed by atoms with van der Waals surface area (Å²) in [5.41, 5.74) is 3.70. The molecule has 0 aliphatic carbocycles. The van der Waals surface area contributed by atoms with Gasteiger partial charge in [-0.25, -0.2) is 0 Å². The van der Waals surface area contributed by atoms with Crippen LogP contribution in [0.5, 0.6) is 11.5 Å². The molecule has 0 aliphatic heterocycles. The van der Waals surface area contributed by atoms with Crippen molar-refractivity contribution in [3.8, 4) is 23.0 Å². The zero-order chi connectivity index (χ0) is 22.3. The van der Waals surface area contributed by atoms with E-state index < -0.39 is 0 Å². The zero-order valence-electron chi connectivity index (χ0n) is 18.3. The lowest BCUT2D eigenvalue weighted by atomic mass is 10.2. The van der Waals surface area contributed by atoms with Crippen LogP contribution < -0.4 is 9.47 Å². The van der Waals surface area contributed by atoms with Crippen molar-refractivity contribution in [2.45, 2.75) is 33.0 Å². The van der Waals surface area contributed by atoms with Crippen LogP contribution in [-0.4, -0.2) is 43.4 Å². The van der Waals surface area contributed by atoms with E-state index in [4.69, 9.17) is 9.47 Å². The van der Waals surface area contributed by atoms with E-state index in [-0.39, 0.29) is 6.61 Å². The van der Waals surface area contributed by atoms with Gasteiger partial charge in [-0.05, 0) is 36.6 Å². The Kier molecular flexibility index (Phi) is 6.81. The summed E-state index contributed by atoms with van der Waals surface area (Å²) in [4.78, 5) is 0. The van der Waals surface area contributed by atoms with E-state index in [1.54, 1.807) is 13.4 Å². The maximum atomic E-state index is 9.35. The highest BCUT2D eigenvalue weighted by Gasteiger charge is 2.23. The molecule has 166 valence electrons. The van der Waals surface area contributed by atoms with E-state index in [9.17, 15) is 5.11 Å². The summed E-state index contributed by atoms with van der Waals surface area (Å²) in [5, 5.41) is 22.6. The number of aliphatic hydroxyl groups is 1. The second-order valence-electron chi connectivity index (χ2n) is 7.47. The Morgan fingerprint density at radius 2 is 1.78 bits per heavy atom. The number of ether oxygens (including phenoxy) is 2. The Morgan fingerprint density at radius 3 is 2.50 bits per heavy atom. The normalized spacial score (nSPS) is 11.0. The maximum Gasteiger partial charge on any atom is 0.186 e. The third-order valence-corrected chi connectivity index (χ3v) is 5.17. The molecule has 0 fully saturated rings. The molecule has 4 rings (SSSR count). The molecule has 8 heteroatoms. The van der Waals surface area contributed by atoms with Crippen LogP contribution in [0.1, 0.15) is 23.2 Å². The van der Waals surface area contributed by atoms with E-state index in [2.05, 4.69) is 15.3 Å². The fourth-order valence-electron chi connectivity index (χ4n) is 3.55. The van der Waals surface area contributed by atoms with E-state index >= 15 is 0 Å². The van der Waals surface area contributed by atoms with Crippen molar-refractivity contribution in [2.75, 3.05) is 13.7 Å². The monoisotopic (exact) mass is 433 g/mol. The highest BCUT2D eigenvalue weighted by atomic mass is 16.5. The molecule has 32 heavy (non-hydrogen) atoms. The molecule has 0 spiro atoms.